The molecule has 0 radical (unpaired) electrons. The number of aromatic nitrogens is 1. The van der Waals surface area contributed by atoms with Gasteiger partial charge >= 0.3 is 6.18 Å². The lowest BCUT2D eigenvalue weighted by Crippen LogP contribution is -2.41. The summed E-state index contributed by atoms with van der Waals surface area (Å²) < 4.78 is 70.0. The molecule has 2 heterocycles. The van der Waals surface area contributed by atoms with Gasteiger partial charge in [0.25, 0.3) is 5.91 Å². The SMILES string of the molecule is O=C(NCc1ccccc1S(=O)(=O)N1CCOCC1)c1ccc(C(F)(F)F)cn1. The molecular weight excluding hydrogens is 411 g/mol. The molecular formula is C18H18F3N3O4S. The lowest BCUT2D eigenvalue weighted by atomic mass is 10.2. The van der Waals surface area contributed by atoms with Gasteiger partial charge in [0, 0.05) is 25.8 Å². The fourth-order valence-electron chi connectivity index (χ4n) is 2.79. The van der Waals surface area contributed by atoms with Gasteiger partial charge in [-0.3, -0.25) is 9.78 Å². The number of halogens is 3. The maximum Gasteiger partial charge on any atom is 0.417 e. The molecule has 1 saturated heterocycles. The predicted molar refractivity (Wildman–Crippen MR) is 96.4 cm³/mol. The van der Waals surface area contributed by atoms with Gasteiger partial charge in [-0.25, -0.2) is 8.42 Å². The van der Waals surface area contributed by atoms with Crippen LogP contribution < -0.4 is 5.32 Å². The van der Waals surface area contributed by atoms with Gasteiger partial charge in [-0.05, 0) is 23.8 Å². The lowest BCUT2D eigenvalue weighted by molar-refractivity contribution is -0.137. The number of alkyl halides is 3. The van der Waals surface area contributed by atoms with E-state index in [-0.39, 0.29) is 30.2 Å². The lowest BCUT2D eigenvalue weighted by Gasteiger charge is -2.27. The molecule has 11 heteroatoms. The van der Waals surface area contributed by atoms with Gasteiger partial charge in [-0.1, -0.05) is 18.2 Å². The number of morpholine rings is 1. The van der Waals surface area contributed by atoms with Crippen molar-refractivity contribution < 1.29 is 31.1 Å². The Bertz CT molecular complexity index is 973. The Morgan fingerprint density at radius 3 is 2.45 bits per heavy atom. The molecule has 2 aromatic rings. The van der Waals surface area contributed by atoms with Gasteiger partial charge < -0.3 is 10.1 Å². The Hall–Kier alpha value is -2.50. The summed E-state index contributed by atoms with van der Waals surface area (Å²) in [6.07, 6.45) is -3.97. The third-order valence-corrected chi connectivity index (χ3v) is 6.32. The zero-order chi connectivity index (χ0) is 21.1. The highest BCUT2D eigenvalue weighted by atomic mass is 32.2. The molecule has 0 spiro atoms. The number of hydrogen-bond acceptors (Lipinski definition) is 5. The average Bonchev–Trinajstić information content (AvgIpc) is 2.72. The van der Waals surface area contributed by atoms with Gasteiger partial charge in [-0.2, -0.15) is 17.5 Å². The van der Waals surface area contributed by atoms with Crippen LogP contribution in [0.2, 0.25) is 0 Å². The number of nitrogens with zero attached hydrogens (tertiary/aromatic N) is 2. The van der Waals surface area contributed by atoms with E-state index >= 15 is 0 Å². The second-order valence-electron chi connectivity index (χ2n) is 6.24. The molecule has 1 aliphatic rings. The number of sulfonamides is 1. The number of pyridine rings is 1. The van der Waals surface area contributed by atoms with Crippen molar-refractivity contribution in [2.75, 3.05) is 26.3 Å². The Labute approximate surface area is 165 Å². The largest absolute Gasteiger partial charge is 0.417 e. The van der Waals surface area contributed by atoms with Gasteiger partial charge in [0.05, 0.1) is 23.7 Å². The summed E-state index contributed by atoms with van der Waals surface area (Å²) in [6, 6.07) is 7.95. The first-order valence-electron chi connectivity index (χ1n) is 8.67. The molecule has 0 saturated carbocycles. The van der Waals surface area contributed by atoms with Gasteiger partial charge in [0.2, 0.25) is 10.0 Å². The smallest absolute Gasteiger partial charge is 0.379 e. The van der Waals surface area contributed by atoms with Crippen LogP contribution in [0, 0.1) is 0 Å². The third kappa shape index (κ3) is 4.92. The van der Waals surface area contributed by atoms with Crippen molar-refractivity contribution in [3.05, 3.63) is 59.4 Å². The number of carbonyl (C=O) groups is 1. The highest BCUT2D eigenvalue weighted by molar-refractivity contribution is 7.89. The summed E-state index contributed by atoms with van der Waals surface area (Å²) in [5.74, 6) is -0.711. The molecule has 0 aliphatic carbocycles. The van der Waals surface area contributed by atoms with Crippen LogP contribution in [0.25, 0.3) is 0 Å². The predicted octanol–water partition coefficient (Wildman–Crippen LogP) is 2.05. The number of amides is 1. The summed E-state index contributed by atoms with van der Waals surface area (Å²) in [4.78, 5) is 15.8. The minimum Gasteiger partial charge on any atom is -0.379 e. The summed E-state index contributed by atoms with van der Waals surface area (Å²) >= 11 is 0. The molecule has 7 nitrogen and oxygen atoms in total. The second-order valence-corrected chi connectivity index (χ2v) is 8.14. The van der Waals surface area contributed by atoms with E-state index in [1.807, 2.05) is 0 Å². The van der Waals surface area contributed by atoms with Crippen molar-refractivity contribution in [3.8, 4) is 0 Å². The molecule has 0 atom stereocenters. The van der Waals surface area contributed by atoms with Crippen LogP contribution in [0.4, 0.5) is 13.2 Å². The van der Waals surface area contributed by atoms with Crippen molar-refractivity contribution in [1.29, 1.82) is 0 Å². The number of hydrogen-bond donors (Lipinski definition) is 1. The van der Waals surface area contributed by atoms with Crippen LogP contribution >= 0.6 is 0 Å². The Morgan fingerprint density at radius 1 is 1.14 bits per heavy atom. The molecule has 29 heavy (non-hydrogen) atoms. The van der Waals surface area contributed by atoms with Crippen molar-refractivity contribution >= 4 is 15.9 Å². The molecule has 156 valence electrons. The molecule has 3 rings (SSSR count). The van der Waals surface area contributed by atoms with Crippen molar-refractivity contribution in [1.82, 2.24) is 14.6 Å². The van der Waals surface area contributed by atoms with Crippen LogP contribution in [0.1, 0.15) is 21.6 Å². The Balaban J connectivity index is 1.74. The summed E-state index contributed by atoms with van der Waals surface area (Å²) in [7, 11) is -3.77. The van der Waals surface area contributed by atoms with E-state index in [1.54, 1.807) is 18.2 Å². The average molecular weight is 429 g/mol. The molecule has 0 bridgehead atoms. The maximum absolute atomic E-state index is 12.9. The first-order valence-corrected chi connectivity index (χ1v) is 10.1. The number of benzene rings is 1. The van der Waals surface area contributed by atoms with Crippen LogP contribution in [0.3, 0.4) is 0 Å². The van der Waals surface area contributed by atoms with Crippen LogP contribution in [0.15, 0.2) is 47.5 Å². The monoisotopic (exact) mass is 429 g/mol. The quantitative estimate of drug-likeness (QED) is 0.786. The van der Waals surface area contributed by atoms with Crippen LogP contribution in [0.5, 0.6) is 0 Å². The summed E-state index contributed by atoms with van der Waals surface area (Å²) in [5, 5.41) is 2.50. The van der Waals surface area contributed by atoms with Gasteiger partial charge in [-0.15, -0.1) is 0 Å². The molecule has 1 fully saturated rings. The molecule has 1 aromatic heterocycles. The Kier molecular flexibility index (Phi) is 6.20. The van der Waals surface area contributed by atoms with Gasteiger partial charge in [0.15, 0.2) is 0 Å². The topological polar surface area (TPSA) is 88.6 Å². The zero-order valence-corrected chi connectivity index (χ0v) is 16.0. The summed E-state index contributed by atoms with van der Waals surface area (Å²) in [6.45, 7) is 0.952. The maximum atomic E-state index is 12.9. The number of ether oxygens (including phenoxy) is 1. The molecule has 1 amide bonds. The molecule has 1 N–H and O–H groups in total. The summed E-state index contributed by atoms with van der Waals surface area (Å²) in [5.41, 5.74) is -0.804. The van der Waals surface area contributed by atoms with E-state index in [0.29, 0.717) is 25.0 Å². The number of carbonyl (C=O) groups excluding carboxylic acids is 1. The fourth-order valence-corrected chi connectivity index (χ4v) is 4.42. The van der Waals surface area contributed by atoms with Crippen LogP contribution in [-0.2, 0) is 27.5 Å². The third-order valence-electron chi connectivity index (χ3n) is 4.32. The fraction of sp³-hybridized carbons (Fsp3) is 0.333. The minimum absolute atomic E-state index is 0.0579. The first kappa shape index (κ1) is 21.2. The minimum atomic E-state index is -4.55. The highest BCUT2D eigenvalue weighted by Crippen LogP contribution is 2.28. The van der Waals surface area contributed by atoms with E-state index in [2.05, 4.69) is 10.3 Å². The van der Waals surface area contributed by atoms with Crippen molar-refractivity contribution in [2.24, 2.45) is 0 Å². The van der Waals surface area contributed by atoms with Crippen LogP contribution in [-0.4, -0.2) is 49.9 Å². The van der Waals surface area contributed by atoms with E-state index in [4.69, 9.17) is 4.74 Å². The molecule has 1 aromatic carbocycles. The Morgan fingerprint density at radius 2 is 1.83 bits per heavy atom. The van der Waals surface area contributed by atoms with E-state index in [9.17, 15) is 26.4 Å². The van der Waals surface area contributed by atoms with E-state index in [1.165, 1.54) is 10.4 Å². The zero-order valence-electron chi connectivity index (χ0n) is 15.1. The first-order chi connectivity index (χ1) is 13.7. The van der Waals surface area contributed by atoms with Crippen molar-refractivity contribution in [2.45, 2.75) is 17.6 Å². The molecule has 1 aliphatic heterocycles. The standard InChI is InChI=1S/C18H18F3N3O4S/c19-18(20,21)14-5-6-15(22-12-14)17(25)23-11-13-3-1-2-4-16(13)29(26,27)24-7-9-28-10-8-24/h1-6,12H,7-11H2,(H,23,25). The second kappa shape index (κ2) is 8.47. The highest BCUT2D eigenvalue weighted by Gasteiger charge is 2.31. The van der Waals surface area contributed by atoms with E-state index in [0.717, 1.165) is 12.1 Å². The van der Waals surface area contributed by atoms with E-state index < -0.39 is 27.7 Å². The van der Waals surface area contributed by atoms with Crippen molar-refractivity contribution in [3.63, 3.8) is 0 Å². The number of rotatable bonds is 5. The van der Waals surface area contributed by atoms with Gasteiger partial charge in [0.1, 0.15) is 5.69 Å². The molecule has 0 unspecified atom stereocenters. The number of nitrogens with one attached hydrogen (secondary N) is 1. The normalized spacial score (nSPS) is 15.8.